The Labute approximate surface area is 224 Å². The van der Waals surface area contributed by atoms with Crippen LogP contribution in [0.25, 0.3) is 89.7 Å². The van der Waals surface area contributed by atoms with Crippen molar-refractivity contribution in [2.24, 2.45) is 0 Å². The van der Waals surface area contributed by atoms with Gasteiger partial charge < -0.3 is 9.97 Å². The Bertz CT molecular complexity index is 2030. The molecular formula is C29H15N11. The van der Waals surface area contributed by atoms with Gasteiger partial charge in [0.15, 0.2) is 23.3 Å². The van der Waals surface area contributed by atoms with Crippen molar-refractivity contribution in [3.05, 3.63) is 79.6 Å². The summed E-state index contributed by atoms with van der Waals surface area (Å²) in [7, 11) is 0. The van der Waals surface area contributed by atoms with E-state index in [1.54, 1.807) is 37.2 Å². The first-order chi connectivity index (χ1) is 19.8. The van der Waals surface area contributed by atoms with Gasteiger partial charge in [-0.1, -0.05) is 24.3 Å². The van der Waals surface area contributed by atoms with Gasteiger partial charge in [0.05, 0.1) is 0 Å². The Kier molecular flexibility index (Phi) is 4.08. The largest absolute Gasteiger partial charge is 0.324 e. The molecule has 0 fully saturated rings. The lowest BCUT2D eigenvalue weighted by Crippen LogP contribution is -1.83. The highest BCUT2D eigenvalue weighted by Gasteiger charge is 2.22. The Hall–Kier alpha value is -5.97. The number of nitrogens with zero attached hydrogens (tertiary/aromatic N) is 9. The molecule has 2 N–H and O–H groups in total. The van der Waals surface area contributed by atoms with Gasteiger partial charge in [0.2, 0.25) is 0 Å². The first-order valence-electron chi connectivity index (χ1n) is 12.5. The minimum absolute atomic E-state index is 0.495. The maximum Gasteiger partial charge on any atom is 0.166 e. The normalized spacial score (nSPS) is 12.0. The Morgan fingerprint density at radius 1 is 0.375 bits per heavy atom. The second-order valence-electron chi connectivity index (χ2n) is 9.42. The topological polar surface area (TPSA) is 148 Å². The van der Waals surface area contributed by atoms with Gasteiger partial charge in [-0.15, -0.1) is 0 Å². The van der Waals surface area contributed by atoms with Crippen LogP contribution in [-0.2, 0) is 0 Å². The molecule has 0 atom stereocenters. The van der Waals surface area contributed by atoms with Crippen LogP contribution in [0.4, 0.5) is 0 Å². The zero-order valence-electron chi connectivity index (χ0n) is 20.5. The molecule has 0 amide bonds. The molecule has 2 aliphatic rings. The third-order valence-corrected chi connectivity index (χ3v) is 7.14. The maximum absolute atomic E-state index is 4.96. The van der Waals surface area contributed by atoms with E-state index in [0.717, 1.165) is 43.8 Å². The van der Waals surface area contributed by atoms with Crippen LogP contribution in [0.3, 0.4) is 0 Å². The van der Waals surface area contributed by atoms with Gasteiger partial charge in [-0.25, -0.2) is 29.9 Å². The fraction of sp³-hybridized carbons (Fsp3) is 0. The number of pyridine rings is 3. The maximum atomic E-state index is 4.96. The summed E-state index contributed by atoms with van der Waals surface area (Å²) in [5.41, 5.74) is 5.81. The number of aromatic amines is 2. The molecular weight excluding hydrogens is 502 g/mol. The van der Waals surface area contributed by atoms with Crippen molar-refractivity contribution in [1.29, 1.82) is 0 Å². The van der Waals surface area contributed by atoms with Gasteiger partial charge in [0.1, 0.15) is 22.6 Å². The molecule has 0 spiro atoms. The van der Waals surface area contributed by atoms with Gasteiger partial charge in [-0.05, 0) is 18.2 Å². The number of fused-ring (bicyclic) bond motifs is 20. The van der Waals surface area contributed by atoms with Crippen molar-refractivity contribution in [2.75, 3.05) is 0 Å². The van der Waals surface area contributed by atoms with E-state index < -0.39 is 0 Å². The predicted molar refractivity (Wildman–Crippen MR) is 149 cm³/mol. The summed E-state index contributed by atoms with van der Waals surface area (Å²) in [5.74, 6) is 2.12. The highest BCUT2D eigenvalue weighted by molar-refractivity contribution is 6.05. The summed E-state index contributed by atoms with van der Waals surface area (Å²) < 4.78 is 0. The van der Waals surface area contributed by atoms with Crippen LogP contribution in [0.15, 0.2) is 79.6 Å². The van der Waals surface area contributed by atoms with Crippen LogP contribution in [0.5, 0.6) is 0 Å². The monoisotopic (exact) mass is 517 g/mol. The third kappa shape index (κ3) is 2.96. The number of hydrogen-bond acceptors (Lipinski definition) is 9. The summed E-state index contributed by atoms with van der Waals surface area (Å²) in [6, 6.07) is 13.6. The SMILES string of the molecule is c1ccc2c(c1)-c1nc-2nc2[nH]c(nc3nc(nc4[nH]c(n1)c1ccncc41)-c1cnccc1-3)c1ccncc21. The van der Waals surface area contributed by atoms with E-state index in [0.29, 0.717) is 45.9 Å². The molecule has 40 heavy (non-hydrogen) atoms. The van der Waals surface area contributed by atoms with Crippen molar-refractivity contribution in [2.45, 2.75) is 0 Å². The van der Waals surface area contributed by atoms with Crippen LogP contribution in [-0.4, -0.2) is 54.8 Å². The van der Waals surface area contributed by atoms with Crippen LogP contribution < -0.4 is 0 Å². The zero-order chi connectivity index (χ0) is 26.2. The number of nitrogens with one attached hydrogen (secondary N) is 2. The first-order valence-corrected chi connectivity index (χ1v) is 12.5. The van der Waals surface area contributed by atoms with E-state index in [9.17, 15) is 0 Å². The fourth-order valence-electron chi connectivity index (χ4n) is 5.27. The molecule has 6 aromatic heterocycles. The number of rotatable bonds is 0. The Balaban J connectivity index is 1.51. The molecule has 186 valence electrons. The minimum atomic E-state index is 0.495. The highest BCUT2D eigenvalue weighted by Crippen LogP contribution is 2.36. The average Bonchev–Trinajstić information content (AvgIpc) is 3.73. The van der Waals surface area contributed by atoms with Gasteiger partial charge in [-0.3, -0.25) is 15.0 Å². The van der Waals surface area contributed by atoms with Crippen molar-refractivity contribution in [3.63, 3.8) is 0 Å². The molecule has 9 rings (SSSR count). The lowest BCUT2D eigenvalue weighted by atomic mass is 10.1. The average molecular weight is 518 g/mol. The number of hydrogen-bond donors (Lipinski definition) is 2. The van der Waals surface area contributed by atoms with Crippen molar-refractivity contribution >= 4 is 44.1 Å². The molecule has 1 aromatic carbocycles. The van der Waals surface area contributed by atoms with E-state index in [4.69, 9.17) is 29.9 Å². The van der Waals surface area contributed by atoms with E-state index in [-0.39, 0.29) is 0 Å². The molecule has 7 aromatic rings. The van der Waals surface area contributed by atoms with Crippen LogP contribution >= 0.6 is 0 Å². The van der Waals surface area contributed by atoms with Crippen molar-refractivity contribution < 1.29 is 0 Å². The van der Waals surface area contributed by atoms with E-state index in [1.807, 2.05) is 42.5 Å². The molecule has 11 nitrogen and oxygen atoms in total. The molecule has 0 unspecified atom stereocenters. The molecule has 0 aliphatic carbocycles. The lowest BCUT2D eigenvalue weighted by molar-refractivity contribution is 1.19. The van der Waals surface area contributed by atoms with Gasteiger partial charge in [0.25, 0.3) is 0 Å². The number of benzene rings is 1. The van der Waals surface area contributed by atoms with Gasteiger partial charge in [-0.2, -0.15) is 0 Å². The quantitative estimate of drug-likeness (QED) is 0.282. The second-order valence-corrected chi connectivity index (χ2v) is 9.42. The minimum Gasteiger partial charge on any atom is -0.324 e. The van der Waals surface area contributed by atoms with E-state index >= 15 is 0 Å². The Morgan fingerprint density at radius 2 is 0.800 bits per heavy atom. The van der Waals surface area contributed by atoms with Gasteiger partial charge >= 0.3 is 0 Å². The molecule has 0 saturated carbocycles. The van der Waals surface area contributed by atoms with Crippen molar-refractivity contribution in [1.82, 2.24) is 54.8 Å². The van der Waals surface area contributed by atoms with Crippen LogP contribution in [0.1, 0.15) is 0 Å². The summed E-state index contributed by atoms with van der Waals surface area (Å²) in [6.07, 6.45) is 10.5. The van der Waals surface area contributed by atoms with Gasteiger partial charge in [0, 0.05) is 81.0 Å². The zero-order valence-corrected chi connectivity index (χ0v) is 20.5. The van der Waals surface area contributed by atoms with Crippen molar-refractivity contribution in [3.8, 4) is 45.6 Å². The molecule has 8 bridgehead atoms. The number of aromatic nitrogens is 11. The van der Waals surface area contributed by atoms with E-state index in [2.05, 4.69) is 24.9 Å². The molecule has 11 heteroatoms. The molecule has 8 heterocycles. The summed E-state index contributed by atoms with van der Waals surface area (Å²) in [4.78, 5) is 49.2. The standard InChI is InChI=1S/C29H15N11/c1-2-4-15-14(3-1)22-33-23(15)36-27-19-11-30-8-5-16(19)25(37-27)35-26-18-7-10-32-13-21(18)29(39-26)40-28-20-12-31-9-6-17(20)24(34-22)38-28/h1-13H,(H2,33,34,35,36,37,38,39,40). The van der Waals surface area contributed by atoms with Crippen LogP contribution in [0, 0.1) is 0 Å². The molecule has 2 aliphatic heterocycles. The molecule has 0 radical (unpaired) electrons. The summed E-state index contributed by atoms with van der Waals surface area (Å²) in [6.45, 7) is 0. The number of H-pyrrole nitrogens is 2. The molecule has 0 saturated heterocycles. The summed E-state index contributed by atoms with van der Waals surface area (Å²) >= 11 is 0. The third-order valence-electron chi connectivity index (χ3n) is 7.14. The fourth-order valence-corrected chi connectivity index (χ4v) is 5.27. The predicted octanol–water partition coefficient (Wildman–Crippen LogP) is 5.05. The highest BCUT2D eigenvalue weighted by atomic mass is 15.1. The smallest absolute Gasteiger partial charge is 0.166 e. The Morgan fingerprint density at radius 3 is 1.35 bits per heavy atom. The lowest BCUT2D eigenvalue weighted by Gasteiger charge is -1.96. The van der Waals surface area contributed by atoms with Crippen LogP contribution in [0.2, 0.25) is 0 Å². The second kappa shape index (κ2) is 7.77. The summed E-state index contributed by atoms with van der Waals surface area (Å²) in [5, 5.41) is 3.38. The van der Waals surface area contributed by atoms with E-state index in [1.165, 1.54) is 0 Å². The first kappa shape index (κ1) is 21.0.